The largest absolute Gasteiger partial charge is 0.312 e. The third-order valence-electron chi connectivity index (χ3n) is 2.07. The second-order valence-corrected chi connectivity index (χ2v) is 4.62. The first-order chi connectivity index (χ1) is 6.08. The van der Waals surface area contributed by atoms with Gasteiger partial charge in [0, 0.05) is 23.9 Å². The first-order valence-electron chi connectivity index (χ1n) is 5.03. The van der Waals surface area contributed by atoms with Gasteiger partial charge in [-0.2, -0.15) is 0 Å². The third kappa shape index (κ3) is 4.83. The van der Waals surface area contributed by atoms with Crippen LogP contribution in [0.4, 0.5) is 0 Å². The van der Waals surface area contributed by atoms with Gasteiger partial charge >= 0.3 is 0 Å². The van der Waals surface area contributed by atoms with Gasteiger partial charge in [-0.25, -0.2) is 0 Å². The van der Waals surface area contributed by atoms with Gasteiger partial charge in [0.25, 0.3) is 0 Å². The van der Waals surface area contributed by atoms with E-state index < -0.39 is 0 Å². The van der Waals surface area contributed by atoms with Crippen LogP contribution in [0.15, 0.2) is 17.3 Å². The Balaban J connectivity index is 2.01. The number of hydrogen-bond acceptors (Lipinski definition) is 2. The first kappa shape index (κ1) is 10.5. The Morgan fingerprint density at radius 3 is 2.69 bits per heavy atom. The van der Waals surface area contributed by atoms with Gasteiger partial charge in [0.1, 0.15) is 0 Å². The van der Waals surface area contributed by atoms with Crippen molar-refractivity contribution in [3.05, 3.63) is 12.3 Å². The predicted molar refractivity (Wildman–Crippen MR) is 58.1 cm³/mol. The Hall–Kier alpha value is -0.630. The molecule has 0 aromatic carbocycles. The second-order valence-electron chi connectivity index (χ2n) is 4.62. The van der Waals surface area contributed by atoms with Crippen LogP contribution in [0.25, 0.3) is 0 Å². The van der Waals surface area contributed by atoms with Crippen molar-refractivity contribution in [2.75, 3.05) is 6.54 Å². The average molecular weight is 180 g/mol. The van der Waals surface area contributed by atoms with Crippen LogP contribution < -0.4 is 5.32 Å². The van der Waals surface area contributed by atoms with Crippen LogP contribution in [0.5, 0.6) is 0 Å². The average Bonchev–Trinajstić information content (AvgIpc) is 2.48. The molecule has 0 fully saturated rings. The number of hydrogen-bond donors (Lipinski definition) is 1. The van der Waals surface area contributed by atoms with Crippen molar-refractivity contribution in [2.24, 2.45) is 10.9 Å². The van der Waals surface area contributed by atoms with E-state index in [9.17, 15) is 0 Å². The predicted octanol–water partition coefficient (Wildman–Crippen LogP) is 2.37. The smallest absolute Gasteiger partial charge is 0.0230 e. The van der Waals surface area contributed by atoms with Crippen molar-refractivity contribution in [3.63, 3.8) is 0 Å². The van der Waals surface area contributed by atoms with Gasteiger partial charge in [-0.3, -0.25) is 4.99 Å². The summed E-state index contributed by atoms with van der Waals surface area (Å²) in [4.78, 5) is 4.07. The molecular formula is C11H20N2. The molecule has 0 radical (unpaired) electrons. The van der Waals surface area contributed by atoms with E-state index in [0.717, 1.165) is 6.54 Å². The summed E-state index contributed by atoms with van der Waals surface area (Å²) in [6, 6.07) is 0. The van der Waals surface area contributed by atoms with Crippen LogP contribution in [0.1, 0.15) is 33.6 Å². The maximum Gasteiger partial charge on any atom is 0.0230 e. The molecule has 1 aliphatic heterocycles. The lowest BCUT2D eigenvalue weighted by atomic mass is 10.0. The van der Waals surface area contributed by atoms with Crippen LogP contribution in [-0.4, -0.2) is 18.3 Å². The lowest BCUT2D eigenvalue weighted by Crippen LogP contribution is -2.36. The highest BCUT2D eigenvalue weighted by Crippen LogP contribution is 2.10. The number of rotatable bonds is 4. The molecule has 1 rings (SSSR count). The number of nitrogens with one attached hydrogen (secondary N) is 1. The molecule has 2 heteroatoms. The van der Waals surface area contributed by atoms with Crippen LogP contribution in [0, 0.1) is 5.92 Å². The van der Waals surface area contributed by atoms with Crippen molar-refractivity contribution in [3.8, 4) is 0 Å². The van der Waals surface area contributed by atoms with Crippen molar-refractivity contribution in [1.29, 1.82) is 0 Å². The van der Waals surface area contributed by atoms with Gasteiger partial charge in [-0.1, -0.05) is 6.08 Å². The normalized spacial score (nSPS) is 21.3. The molecular weight excluding hydrogens is 160 g/mol. The number of aliphatic imine (C=N–C) groups is 1. The van der Waals surface area contributed by atoms with Crippen LogP contribution >= 0.6 is 0 Å². The number of allylic oxidation sites excluding steroid dienone is 1. The highest BCUT2D eigenvalue weighted by molar-refractivity contribution is 5.66. The van der Waals surface area contributed by atoms with E-state index in [2.05, 4.69) is 37.2 Å². The summed E-state index contributed by atoms with van der Waals surface area (Å²) in [5.74, 6) is 0.585. The van der Waals surface area contributed by atoms with Gasteiger partial charge < -0.3 is 5.32 Å². The summed E-state index contributed by atoms with van der Waals surface area (Å²) in [7, 11) is 0. The molecule has 1 unspecified atom stereocenters. The van der Waals surface area contributed by atoms with E-state index in [1.54, 1.807) is 0 Å². The Bertz CT molecular complexity index is 187. The molecule has 13 heavy (non-hydrogen) atoms. The maximum absolute atomic E-state index is 4.07. The van der Waals surface area contributed by atoms with E-state index in [0.29, 0.717) is 5.92 Å². The molecule has 1 aliphatic rings. The zero-order valence-electron chi connectivity index (χ0n) is 8.88. The molecule has 0 saturated heterocycles. The van der Waals surface area contributed by atoms with Gasteiger partial charge in [0.15, 0.2) is 0 Å². The van der Waals surface area contributed by atoms with E-state index in [-0.39, 0.29) is 5.54 Å². The Morgan fingerprint density at radius 2 is 2.15 bits per heavy atom. The van der Waals surface area contributed by atoms with Gasteiger partial charge in [0.2, 0.25) is 0 Å². The Labute approximate surface area is 81.1 Å². The highest BCUT2D eigenvalue weighted by Gasteiger charge is 2.08. The van der Waals surface area contributed by atoms with Crippen LogP contribution in [-0.2, 0) is 0 Å². The molecule has 0 bridgehead atoms. The van der Waals surface area contributed by atoms with Crippen molar-refractivity contribution >= 4 is 6.21 Å². The molecule has 0 amide bonds. The SMILES string of the molecule is CC(C)(C)NCCCC1C=CN=C1. The molecule has 1 heterocycles. The maximum atomic E-state index is 4.07. The monoisotopic (exact) mass is 180 g/mol. The van der Waals surface area contributed by atoms with Crippen molar-refractivity contribution in [1.82, 2.24) is 5.32 Å². The van der Waals surface area contributed by atoms with E-state index >= 15 is 0 Å². The summed E-state index contributed by atoms with van der Waals surface area (Å²) >= 11 is 0. The zero-order chi connectivity index (χ0) is 9.73. The molecule has 1 N–H and O–H groups in total. The summed E-state index contributed by atoms with van der Waals surface area (Å²) < 4.78 is 0. The molecule has 0 saturated carbocycles. The molecule has 2 nitrogen and oxygen atoms in total. The minimum atomic E-state index is 0.250. The third-order valence-corrected chi connectivity index (χ3v) is 2.07. The van der Waals surface area contributed by atoms with Gasteiger partial charge in [-0.05, 0) is 40.2 Å². The molecule has 0 aromatic rings. The number of nitrogens with zero attached hydrogens (tertiary/aromatic N) is 1. The Morgan fingerprint density at radius 1 is 1.38 bits per heavy atom. The van der Waals surface area contributed by atoms with Gasteiger partial charge in [0.05, 0.1) is 0 Å². The van der Waals surface area contributed by atoms with E-state index in [1.807, 2.05) is 12.4 Å². The molecule has 0 aromatic heterocycles. The fraction of sp³-hybridized carbons (Fsp3) is 0.727. The minimum absolute atomic E-state index is 0.250. The second kappa shape index (κ2) is 4.56. The molecule has 0 aliphatic carbocycles. The Kier molecular flexibility index (Phi) is 3.67. The topological polar surface area (TPSA) is 24.4 Å². The first-order valence-corrected chi connectivity index (χ1v) is 5.03. The standard InChI is InChI=1S/C11H20N2/c1-11(2,3)13-7-4-5-10-6-8-12-9-10/h6,8-10,13H,4-5,7H2,1-3H3. The molecule has 0 spiro atoms. The highest BCUT2D eigenvalue weighted by atomic mass is 14.9. The summed E-state index contributed by atoms with van der Waals surface area (Å²) in [6.45, 7) is 7.69. The van der Waals surface area contributed by atoms with Crippen LogP contribution in [0.3, 0.4) is 0 Å². The summed E-state index contributed by atoms with van der Waals surface area (Å²) in [6.07, 6.45) is 8.51. The lowest BCUT2D eigenvalue weighted by Gasteiger charge is -2.20. The van der Waals surface area contributed by atoms with Crippen molar-refractivity contribution < 1.29 is 0 Å². The fourth-order valence-corrected chi connectivity index (χ4v) is 1.34. The lowest BCUT2D eigenvalue weighted by molar-refractivity contribution is 0.416. The zero-order valence-corrected chi connectivity index (χ0v) is 8.88. The van der Waals surface area contributed by atoms with E-state index in [4.69, 9.17) is 0 Å². The molecule has 1 atom stereocenters. The van der Waals surface area contributed by atoms with Crippen molar-refractivity contribution in [2.45, 2.75) is 39.2 Å². The summed E-state index contributed by atoms with van der Waals surface area (Å²) in [5.41, 5.74) is 0.250. The molecule has 74 valence electrons. The summed E-state index contributed by atoms with van der Waals surface area (Å²) in [5, 5.41) is 3.48. The van der Waals surface area contributed by atoms with Gasteiger partial charge in [-0.15, -0.1) is 0 Å². The van der Waals surface area contributed by atoms with E-state index in [1.165, 1.54) is 12.8 Å². The minimum Gasteiger partial charge on any atom is -0.312 e. The quantitative estimate of drug-likeness (QED) is 0.660. The fourth-order valence-electron chi connectivity index (χ4n) is 1.34. The van der Waals surface area contributed by atoms with Crippen LogP contribution in [0.2, 0.25) is 0 Å².